The first kappa shape index (κ1) is 19.0. The van der Waals surface area contributed by atoms with Crippen molar-refractivity contribution in [3.63, 3.8) is 0 Å². The standard InChI is InChI=1S/C18H16ClNO4S/c1-11(21)13-5-3-4-6-16(13)20-17(22)10-24-18(23)14-9-12(25-2)7-8-15(14)19/h3-9H,10H2,1-2H3,(H,20,22). The SMILES string of the molecule is CSc1ccc(Cl)c(C(=O)OCC(=O)Nc2ccccc2C(C)=O)c1. The molecule has 0 fully saturated rings. The van der Waals surface area contributed by atoms with Crippen molar-refractivity contribution < 1.29 is 19.1 Å². The number of rotatable bonds is 6. The average Bonchev–Trinajstić information content (AvgIpc) is 2.60. The lowest BCUT2D eigenvalue weighted by Crippen LogP contribution is -2.22. The molecular weight excluding hydrogens is 362 g/mol. The maximum Gasteiger partial charge on any atom is 0.340 e. The van der Waals surface area contributed by atoms with Gasteiger partial charge in [0.05, 0.1) is 16.3 Å². The maximum atomic E-state index is 12.1. The minimum Gasteiger partial charge on any atom is -0.452 e. The number of ketones is 1. The molecule has 7 heteroatoms. The summed E-state index contributed by atoms with van der Waals surface area (Å²) in [7, 11) is 0. The number of ether oxygens (including phenoxy) is 1. The summed E-state index contributed by atoms with van der Waals surface area (Å²) in [5.41, 5.74) is 0.960. The van der Waals surface area contributed by atoms with E-state index in [2.05, 4.69) is 5.32 Å². The summed E-state index contributed by atoms with van der Waals surface area (Å²) in [6.45, 7) is 0.927. The van der Waals surface area contributed by atoms with Gasteiger partial charge in [0, 0.05) is 10.5 Å². The molecule has 0 saturated carbocycles. The molecule has 1 amide bonds. The van der Waals surface area contributed by atoms with Gasteiger partial charge in [0.2, 0.25) is 0 Å². The van der Waals surface area contributed by atoms with Gasteiger partial charge in [-0.05, 0) is 43.5 Å². The van der Waals surface area contributed by atoms with Crippen LogP contribution in [0.1, 0.15) is 27.6 Å². The van der Waals surface area contributed by atoms with Gasteiger partial charge in [-0.25, -0.2) is 4.79 Å². The Labute approximate surface area is 154 Å². The number of benzene rings is 2. The summed E-state index contributed by atoms with van der Waals surface area (Å²) >= 11 is 7.46. The average molecular weight is 378 g/mol. The van der Waals surface area contributed by atoms with Gasteiger partial charge < -0.3 is 10.1 Å². The molecule has 0 aliphatic heterocycles. The van der Waals surface area contributed by atoms with Crippen molar-refractivity contribution in [1.82, 2.24) is 0 Å². The zero-order valence-corrected chi connectivity index (χ0v) is 15.2. The second-order valence-corrected chi connectivity index (χ2v) is 6.36. The van der Waals surface area contributed by atoms with E-state index in [1.807, 2.05) is 6.26 Å². The van der Waals surface area contributed by atoms with Gasteiger partial charge in [0.1, 0.15) is 0 Å². The fourth-order valence-corrected chi connectivity index (χ4v) is 2.72. The quantitative estimate of drug-likeness (QED) is 0.467. The molecule has 0 atom stereocenters. The number of carbonyl (C=O) groups is 3. The maximum absolute atomic E-state index is 12.1. The van der Waals surface area contributed by atoms with E-state index in [1.54, 1.807) is 42.5 Å². The van der Waals surface area contributed by atoms with Crippen LogP contribution >= 0.6 is 23.4 Å². The normalized spacial score (nSPS) is 10.2. The fourth-order valence-electron chi connectivity index (χ4n) is 2.08. The van der Waals surface area contributed by atoms with Gasteiger partial charge in [-0.3, -0.25) is 9.59 Å². The summed E-state index contributed by atoms with van der Waals surface area (Å²) in [6.07, 6.45) is 1.87. The van der Waals surface area contributed by atoms with Gasteiger partial charge in [-0.2, -0.15) is 0 Å². The predicted molar refractivity (Wildman–Crippen MR) is 98.6 cm³/mol. The monoisotopic (exact) mass is 377 g/mol. The molecular formula is C18H16ClNO4S. The van der Waals surface area contributed by atoms with Crippen LogP contribution in [0.5, 0.6) is 0 Å². The highest BCUT2D eigenvalue weighted by Gasteiger charge is 2.15. The van der Waals surface area contributed by atoms with Crippen LogP contribution in [-0.4, -0.2) is 30.5 Å². The summed E-state index contributed by atoms with van der Waals surface area (Å²) in [6, 6.07) is 11.6. The Bertz CT molecular complexity index is 822. The summed E-state index contributed by atoms with van der Waals surface area (Å²) < 4.78 is 5.01. The van der Waals surface area contributed by atoms with Gasteiger partial charge in [0.15, 0.2) is 12.4 Å². The van der Waals surface area contributed by atoms with Crippen LogP contribution in [0.3, 0.4) is 0 Å². The molecule has 0 radical (unpaired) electrons. The zero-order chi connectivity index (χ0) is 18.4. The number of thioether (sulfide) groups is 1. The predicted octanol–water partition coefficient (Wildman–Crippen LogP) is 4.06. The molecule has 0 bridgehead atoms. The van der Waals surface area contributed by atoms with Crippen molar-refractivity contribution in [2.75, 3.05) is 18.2 Å². The molecule has 5 nitrogen and oxygen atoms in total. The molecule has 0 aliphatic carbocycles. The number of esters is 1. The highest BCUT2D eigenvalue weighted by molar-refractivity contribution is 7.98. The summed E-state index contributed by atoms with van der Waals surface area (Å²) in [5.74, 6) is -1.40. The zero-order valence-electron chi connectivity index (χ0n) is 13.7. The van der Waals surface area contributed by atoms with Crippen LogP contribution in [0, 0.1) is 0 Å². The third-order valence-corrected chi connectivity index (χ3v) is 4.36. The van der Waals surface area contributed by atoms with E-state index in [0.717, 1.165) is 4.90 Å². The van der Waals surface area contributed by atoms with E-state index in [4.69, 9.17) is 16.3 Å². The smallest absolute Gasteiger partial charge is 0.340 e. The Balaban J connectivity index is 2.01. The minimum atomic E-state index is -0.684. The number of halogens is 1. The van der Waals surface area contributed by atoms with Crippen molar-refractivity contribution in [3.05, 3.63) is 58.6 Å². The number of amides is 1. The number of para-hydroxylation sites is 1. The van der Waals surface area contributed by atoms with Crippen molar-refractivity contribution in [1.29, 1.82) is 0 Å². The minimum absolute atomic E-state index is 0.173. The first-order chi connectivity index (χ1) is 11.9. The Hall–Kier alpha value is -2.31. The molecule has 0 heterocycles. The molecule has 1 N–H and O–H groups in total. The second kappa shape index (κ2) is 8.69. The third kappa shape index (κ3) is 5.08. The van der Waals surface area contributed by atoms with Crippen molar-refractivity contribution in [2.24, 2.45) is 0 Å². The Morgan fingerprint density at radius 3 is 2.52 bits per heavy atom. The lowest BCUT2D eigenvalue weighted by molar-refractivity contribution is -0.119. The molecule has 0 aromatic heterocycles. The molecule has 130 valence electrons. The molecule has 25 heavy (non-hydrogen) atoms. The largest absolute Gasteiger partial charge is 0.452 e. The molecule has 0 spiro atoms. The van der Waals surface area contributed by atoms with E-state index < -0.39 is 18.5 Å². The number of anilines is 1. The Morgan fingerprint density at radius 1 is 1.12 bits per heavy atom. The van der Waals surface area contributed by atoms with E-state index >= 15 is 0 Å². The van der Waals surface area contributed by atoms with Crippen LogP contribution in [0.25, 0.3) is 0 Å². The summed E-state index contributed by atoms with van der Waals surface area (Å²) in [4.78, 5) is 36.5. The number of carbonyl (C=O) groups excluding carboxylic acids is 3. The third-order valence-electron chi connectivity index (χ3n) is 3.31. The Morgan fingerprint density at radius 2 is 1.84 bits per heavy atom. The lowest BCUT2D eigenvalue weighted by atomic mass is 10.1. The molecule has 2 rings (SSSR count). The van der Waals surface area contributed by atoms with Crippen LogP contribution < -0.4 is 5.32 Å². The van der Waals surface area contributed by atoms with Gasteiger partial charge in [-0.15, -0.1) is 11.8 Å². The number of Topliss-reactive ketones (excluding diaryl/α,β-unsaturated/α-hetero) is 1. The van der Waals surface area contributed by atoms with Crippen LogP contribution in [0.15, 0.2) is 47.4 Å². The van der Waals surface area contributed by atoms with Crippen molar-refractivity contribution in [2.45, 2.75) is 11.8 Å². The first-order valence-electron chi connectivity index (χ1n) is 7.33. The lowest BCUT2D eigenvalue weighted by Gasteiger charge is -2.10. The van der Waals surface area contributed by atoms with Crippen molar-refractivity contribution >= 4 is 46.7 Å². The highest BCUT2D eigenvalue weighted by atomic mass is 35.5. The first-order valence-corrected chi connectivity index (χ1v) is 8.93. The van der Waals surface area contributed by atoms with E-state index in [9.17, 15) is 14.4 Å². The Kier molecular flexibility index (Phi) is 6.61. The molecule has 0 unspecified atom stereocenters. The second-order valence-electron chi connectivity index (χ2n) is 5.07. The fraction of sp³-hybridized carbons (Fsp3) is 0.167. The van der Waals surface area contributed by atoms with Crippen LogP contribution in [-0.2, 0) is 9.53 Å². The number of hydrogen-bond acceptors (Lipinski definition) is 5. The van der Waals surface area contributed by atoms with Gasteiger partial charge >= 0.3 is 5.97 Å². The topological polar surface area (TPSA) is 72.5 Å². The number of hydrogen-bond donors (Lipinski definition) is 1. The van der Waals surface area contributed by atoms with E-state index in [0.29, 0.717) is 11.3 Å². The van der Waals surface area contributed by atoms with Crippen LogP contribution in [0.4, 0.5) is 5.69 Å². The van der Waals surface area contributed by atoms with E-state index in [-0.39, 0.29) is 16.4 Å². The van der Waals surface area contributed by atoms with Gasteiger partial charge in [-0.1, -0.05) is 23.7 Å². The molecule has 0 aliphatic rings. The molecule has 0 saturated heterocycles. The molecule has 2 aromatic rings. The van der Waals surface area contributed by atoms with E-state index in [1.165, 1.54) is 18.7 Å². The van der Waals surface area contributed by atoms with Crippen molar-refractivity contribution in [3.8, 4) is 0 Å². The highest BCUT2D eigenvalue weighted by Crippen LogP contribution is 2.23. The summed E-state index contributed by atoms with van der Waals surface area (Å²) in [5, 5.41) is 2.82. The van der Waals surface area contributed by atoms with Crippen LogP contribution in [0.2, 0.25) is 5.02 Å². The van der Waals surface area contributed by atoms with Gasteiger partial charge in [0.25, 0.3) is 5.91 Å². The number of nitrogens with one attached hydrogen (secondary N) is 1. The molecule has 2 aromatic carbocycles.